The van der Waals surface area contributed by atoms with Gasteiger partial charge in [0.2, 0.25) is 0 Å². The molecule has 1 aromatic carbocycles. The maximum atomic E-state index is 11.1. The lowest BCUT2D eigenvalue weighted by Crippen LogP contribution is -2.98. The van der Waals surface area contributed by atoms with Crippen LogP contribution in [0.3, 0.4) is 0 Å². The van der Waals surface area contributed by atoms with Crippen LogP contribution in [-0.4, -0.2) is 7.05 Å². The molecule has 0 amide bonds. The largest absolute Gasteiger partial charge is 0.629 e. The minimum Gasteiger partial charge on any atom is -0.629 e. The number of benzene rings is 1. The predicted octanol–water partition coefficient (Wildman–Crippen LogP) is 1.26. The van der Waals surface area contributed by atoms with Gasteiger partial charge in [0.25, 0.3) is 0 Å². The fourth-order valence-electron chi connectivity index (χ4n) is 1.34. The van der Waals surface area contributed by atoms with Gasteiger partial charge in [-0.2, -0.15) is 0 Å². The van der Waals surface area contributed by atoms with E-state index >= 15 is 0 Å². The molecule has 0 aliphatic heterocycles. The smallest absolute Gasteiger partial charge is 0.134 e. The van der Waals surface area contributed by atoms with E-state index in [2.05, 4.69) is 13.0 Å². The highest BCUT2D eigenvalue weighted by Crippen LogP contribution is 2.16. The summed E-state index contributed by atoms with van der Waals surface area (Å²) in [4.78, 5) is 0. The fourth-order valence-corrected chi connectivity index (χ4v) is 1.34. The fraction of sp³-hybridized carbons (Fsp3) is 0.400. The van der Waals surface area contributed by atoms with E-state index in [1.54, 1.807) is 7.05 Å². The van der Waals surface area contributed by atoms with Crippen LogP contribution in [0.4, 0.5) is 5.69 Å². The van der Waals surface area contributed by atoms with Crippen LogP contribution in [0.2, 0.25) is 0 Å². The van der Waals surface area contributed by atoms with Crippen molar-refractivity contribution in [2.75, 3.05) is 7.05 Å². The molecule has 0 heterocycles. The lowest BCUT2D eigenvalue weighted by atomic mass is 10.1. The van der Waals surface area contributed by atoms with Crippen LogP contribution in [0.1, 0.15) is 16.7 Å². The molecule has 2 nitrogen and oxygen atoms in total. The Morgan fingerprint density at radius 1 is 1.00 bits per heavy atom. The summed E-state index contributed by atoms with van der Waals surface area (Å²) in [6.07, 6.45) is 0. The Balaban J connectivity index is 3.23. The Labute approximate surface area is 73.4 Å². The van der Waals surface area contributed by atoms with Gasteiger partial charge in [-0.15, -0.1) is 0 Å². The van der Waals surface area contributed by atoms with Crippen molar-refractivity contribution < 1.29 is 5.06 Å². The van der Waals surface area contributed by atoms with Crippen LogP contribution in [0.15, 0.2) is 12.1 Å². The van der Waals surface area contributed by atoms with E-state index in [4.69, 9.17) is 0 Å². The first-order valence-corrected chi connectivity index (χ1v) is 4.11. The summed E-state index contributed by atoms with van der Waals surface area (Å²) in [5.74, 6) is 0. The van der Waals surface area contributed by atoms with Crippen LogP contribution in [0, 0.1) is 26.0 Å². The van der Waals surface area contributed by atoms with Crippen molar-refractivity contribution in [1.82, 2.24) is 0 Å². The van der Waals surface area contributed by atoms with Gasteiger partial charge in [-0.1, -0.05) is 6.07 Å². The molecule has 1 N–H and O–H groups in total. The quantitative estimate of drug-likeness (QED) is 0.623. The Bertz CT molecular complexity index is 292. The van der Waals surface area contributed by atoms with Crippen molar-refractivity contribution in [1.29, 1.82) is 0 Å². The molecule has 1 atom stereocenters. The number of nitrogens with one attached hydrogen (secondary N) is 1. The van der Waals surface area contributed by atoms with Crippen LogP contribution in [0.25, 0.3) is 0 Å². The van der Waals surface area contributed by atoms with E-state index in [0.717, 1.165) is 11.3 Å². The molecule has 1 unspecified atom stereocenters. The van der Waals surface area contributed by atoms with Gasteiger partial charge in [-0.25, -0.2) is 0 Å². The zero-order valence-corrected chi connectivity index (χ0v) is 8.06. The topological polar surface area (TPSA) is 27.5 Å². The summed E-state index contributed by atoms with van der Waals surface area (Å²) in [7, 11) is 1.61. The van der Waals surface area contributed by atoms with Gasteiger partial charge < -0.3 is 10.3 Å². The molecule has 2 heteroatoms. The number of quaternary nitrogens is 1. The van der Waals surface area contributed by atoms with Crippen LogP contribution >= 0.6 is 0 Å². The highest BCUT2D eigenvalue weighted by molar-refractivity contribution is 5.45. The van der Waals surface area contributed by atoms with E-state index in [-0.39, 0.29) is 5.06 Å². The summed E-state index contributed by atoms with van der Waals surface area (Å²) in [6, 6.07) is 4.03. The first kappa shape index (κ1) is 9.23. The second-order valence-corrected chi connectivity index (χ2v) is 3.31. The number of hydroxylamine groups is 1. The summed E-state index contributed by atoms with van der Waals surface area (Å²) < 4.78 is 0. The number of aryl methyl sites for hydroxylation is 3. The Kier molecular flexibility index (Phi) is 2.50. The molecule has 0 fully saturated rings. The van der Waals surface area contributed by atoms with Crippen molar-refractivity contribution in [3.8, 4) is 0 Å². The van der Waals surface area contributed by atoms with Crippen LogP contribution in [-0.2, 0) is 0 Å². The molecule has 0 bridgehead atoms. The average Bonchev–Trinajstić information content (AvgIpc) is 1.96. The van der Waals surface area contributed by atoms with Gasteiger partial charge >= 0.3 is 0 Å². The molecular formula is C10H15NO. The summed E-state index contributed by atoms with van der Waals surface area (Å²) in [5, 5.41) is 11.3. The molecule has 0 aliphatic rings. The first-order chi connectivity index (χ1) is 5.52. The maximum absolute atomic E-state index is 11.1. The van der Waals surface area contributed by atoms with E-state index in [0.29, 0.717) is 0 Å². The molecule has 1 rings (SSSR count). The third-order valence-electron chi connectivity index (χ3n) is 2.22. The van der Waals surface area contributed by atoms with Gasteiger partial charge in [0.15, 0.2) is 0 Å². The lowest BCUT2D eigenvalue weighted by Gasteiger charge is -2.19. The lowest BCUT2D eigenvalue weighted by molar-refractivity contribution is -0.751. The molecule has 0 aromatic heterocycles. The number of hydrogen-bond donors (Lipinski definition) is 1. The number of rotatable bonds is 1. The second kappa shape index (κ2) is 3.25. The normalized spacial score (nSPS) is 13.1. The molecule has 0 radical (unpaired) electrons. The molecule has 66 valence electrons. The molecule has 0 saturated carbocycles. The number of hydrogen-bond acceptors (Lipinski definition) is 1. The van der Waals surface area contributed by atoms with Crippen molar-refractivity contribution in [2.24, 2.45) is 0 Å². The Morgan fingerprint density at radius 2 is 1.50 bits per heavy atom. The SMILES string of the molecule is Cc1cc(C)c([NH+](C)[O-])cc1C. The molecular weight excluding hydrogens is 150 g/mol. The minimum atomic E-state index is 0.149. The van der Waals surface area contributed by atoms with Gasteiger partial charge in [0.05, 0.1) is 7.05 Å². The average molecular weight is 165 g/mol. The highest BCUT2D eigenvalue weighted by Gasteiger charge is 2.04. The van der Waals surface area contributed by atoms with E-state index in [1.807, 2.05) is 19.9 Å². The van der Waals surface area contributed by atoms with E-state index in [9.17, 15) is 5.21 Å². The zero-order chi connectivity index (χ0) is 9.30. The van der Waals surface area contributed by atoms with Crippen molar-refractivity contribution in [3.05, 3.63) is 34.0 Å². The maximum Gasteiger partial charge on any atom is 0.134 e. The summed E-state index contributed by atoms with van der Waals surface area (Å²) in [5.41, 5.74) is 4.35. The standard InChI is InChI=1S/C10H15NO/c1-7-5-9(3)10(11(4)12)6-8(7)2/h5-6,11H,1-4H3. The van der Waals surface area contributed by atoms with Crippen LogP contribution in [0.5, 0.6) is 0 Å². The van der Waals surface area contributed by atoms with E-state index in [1.165, 1.54) is 11.1 Å². The molecule has 0 aliphatic carbocycles. The van der Waals surface area contributed by atoms with Gasteiger partial charge in [-0.3, -0.25) is 0 Å². The molecule has 0 saturated heterocycles. The van der Waals surface area contributed by atoms with Crippen molar-refractivity contribution >= 4 is 5.69 Å². The van der Waals surface area contributed by atoms with Gasteiger partial charge in [0.1, 0.15) is 5.69 Å². The van der Waals surface area contributed by atoms with E-state index < -0.39 is 0 Å². The first-order valence-electron chi connectivity index (χ1n) is 4.11. The Hall–Kier alpha value is -0.860. The summed E-state index contributed by atoms with van der Waals surface area (Å²) in [6.45, 7) is 6.07. The third kappa shape index (κ3) is 1.65. The molecule has 1 aromatic rings. The van der Waals surface area contributed by atoms with Crippen molar-refractivity contribution in [3.63, 3.8) is 0 Å². The minimum absolute atomic E-state index is 0.149. The van der Waals surface area contributed by atoms with Crippen LogP contribution < -0.4 is 5.06 Å². The highest BCUT2D eigenvalue weighted by atomic mass is 16.5. The van der Waals surface area contributed by atoms with Gasteiger partial charge in [-0.05, 0) is 31.9 Å². The Morgan fingerprint density at radius 3 is 2.00 bits per heavy atom. The predicted molar refractivity (Wildman–Crippen MR) is 50.6 cm³/mol. The van der Waals surface area contributed by atoms with Crippen molar-refractivity contribution in [2.45, 2.75) is 20.8 Å². The zero-order valence-electron chi connectivity index (χ0n) is 8.06. The molecule has 0 spiro atoms. The van der Waals surface area contributed by atoms with Gasteiger partial charge in [0, 0.05) is 11.6 Å². The summed E-state index contributed by atoms with van der Waals surface area (Å²) >= 11 is 0. The third-order valence-corrected chi connectivity index (χ3v) is 2.22. The monoisotopic (exact) mass is 165 g/mol. The molecule has 12 heavy (non-hydrogen) atoms. The second-order valence-electron chi connectivity index (χ2n) is 3.31.